The van der Waals surface area contributed by atoms with Gasteiger partial charge >= 0.3 is 0 Å². The van der Waals surface area contributed by atoms with Crippen LogP contribution in [-0.4, -0.2) is 34.2 Å². The van der Waals surface area contributed by atoms with Crippen molar-refractivity contribution < 1.29 is 14.4 Å². The third-order valence-electron chi connectivity index (χ3n) is 3.57. The molecule has 6 nitrogen and oxygen atoms in total. The summed E-state index contributed by atoms with van der Waals surface area (Å²) < 4.78 is 0. The minimum atomic E-state index is -0.339. The minimum Gasteiger partial charge on any atom is -0.350 e. The number of aryl methyl sites for hydroxylation is 1. The number of carbonyl (C=O) groups excluding carboxylic acids is 3. The van der Waals surface area contributed by atoms with Crippen molar-refractivity contribution >= 4 is 29.1 Å². The van der Waals surface area contributed by atoms with Gasteiger partial charge in [-0.05, 0) is 19.1 Å². The topological polar surface area (TPSA) is 79.4 Å². The summed E-state index contributed by atoms with van der Waals surface area (Å²) in [6, 6.07) is 6.69. The molecule has 1 aromatic heterocycles. The summed E-state index contributed by atoms with van der Waals surface area (Å²) in [5.41, 5.74) is 1.60. The van der Waals surface area contributed by atoms with E-state index in [-0.39, 0.29) is 30.7 Å². The highest BCUT2D eigenvalue weighted by atomic mass is 32.1. The number of imide groups is 1. The van der Waals surface area contributed by atoms with Crippen LogP contribution >= 0.6 is 11.3 Å². The largest absolute Gasteiger partial charge is 0.350 e. The number of hydrogen-bond donors (Lipinski definition) is 1. The summed E-state index contributed by atoms with van der Waals surface area (Å²) in [4.78, 5) is 41.6. The number of thiazole rings is 1. The Balaban J connectivity index is 1.54. The molecule has 0 radical (unpaired) electrons. The highest BCUT2D eigenvalue weighted by molar-refractivity contribution is 7.09. The van der Waals surface area contributed by atoms with Crippen LogP contribution < -0.4 is 5.32 Å². The third kappa shape index (κ3) is 3.14. The maximum Gasteiger partial charge on any atom is 0.261 e. The summed E-state index contributed by atoms with van der Waals surface area (Å²) in [5, 5.41) is 5.58. The summed E-state index contributed by atoms with van der Waals surface area (Å²) >= 11 is 1.52. The van der Waals surface area contributed by atoms with Crippen molar-refractivity contribution in [1.82, 2.24) is 15.2 Å². The van der Waals surface area contributed by atoms with Gasteiger partial charge < -0.3 is 5.32 Å². The van der Waals surface area contributed by atoms with Crippen LogP contribution in [0.5, 0.6) is 0 Å². The Bertz CT molecular complexity index is 749. The van der Waals surface area contributed by atoms with E-state index in [0.29, 0.717) is 17.7 Å². The number of rotatable bonds is 5. The predicted octanol–water partition coefficient (Wildman–Crippen LogP) is 1.75. The number of aromatic nitrogens is 1. The van der Waals surface area contributed by atoms with Crippen LogP contribution in [0.4, 0.5) is 0 Å². The average Bonchev–Trinajstić information content (AvgIpc) is 3.07. The van der Waals surface area contributed by atoms with Gasteiger partial charge in [0.05, 0.1) is 28.4 Å². The number of hydrogen-bond acceptors (Lipinski definition) is 5. The lowest BCUT2D eigenvalue weighted by molar-refractivity contribution is -0.121. The summed E-state index contributed by atoms with van der Waals surface area (Å²) in [6.45, 7) is 2.33. The molecule has 23 heavy (non-hydrogen) atoms. The van der Waals surface area contributed by atoms with E-state index in [1.807, 2.05) is 12.3 Å². The third-order valence-corrected chi connectivity index (χ3v) is 4.40. The Morgan fingerprint density at radius 1 is 1.22 bits per heavy atom. The van der Waals surface area contributed by atoms with Gasteiger partial charge in [-0.1, -0.05) is 12.1 Å². The first kappa shape index (κ1) is 15.4. The van der Waals surface area contributed by atoms with Gasteiger partial charge in [-0.15, -0.1) is 11.3 Å². The summed E-state index contributed by atoms with van der Waals surface area (Å²) in [7, 11) is 0. The zero-order chi connectivity index (χ0) is 16.4. The normalized spacial score (nSPS) is 13.3. The van der Waals surface area contributed by atoms with Crippen LogP contribution in [0.2, 0.25) is 0 Å². The fourth-order valence-corrected chi connectivity index (χ4v) is 3.04. The first-order valence-electron chi connectivity index (χ1n) is 7.19. The zero-order valence-electron chi connectivity index (χ0n) is 12.5. The molecule has 0 unspecified atom stereocenters. The first-order chi connectivity index (χ1) is 11.1. The Morgan fingerprint density at radius 2 is 1.87 bits per heavy atom. The number of nitrogens with zero attached hydrogens (tertiary/aromatic N) is 2. The van der Waals surface area contributed by atoms with Crippen molar-refractivity contribution in [2.45, 2.75) is 19.9 Å². The van der Waals surface area contributed by atoms with E-state index in [1.54, 1.807) is 24.3 Å². The number of fused-ring (bicyclic) bond motifs is 1. The second-order valence-electron chi connectivity index (χ2n) is 5.19. The van der Waals surface area contributed by atoms with E-state index >= 15 is 0 Å². The standard InChI is InChI=1S/C16H15N3O3S/c1-10-18-11(9-23-10)8-17-14(20)6-7-19-15(21)12-4-2-3-5-13(12)16(19)22/h2-5,9H,6-8H2,1H3,(H,17,20). The quantitative estimate of drug-likeness (QED) is 0.848. The van der Waals surface area contributed by atoms with E-state index in [4.69, 9.17) is 0 Å². The monoisotopic (exact) mass is 329 g/mol. The van der Waals surface area contributed by atoms with Gasteiger partial charge in [-0.3, -0.25) is 19.3 Å². The number of nitrogens with one attached hydrogen (secondary N) is 1. The van der Waals surface area contributed by atoms with Crippen molar-refractivity contribution in [3.8, 4) is 0 Å². The second-order valence-corrected chi connectivity index (χ2v) is 6.25. The zero-order valence-corrected chi connectivity index (χ0v) is 13.4. The molecule has 3 rings (SSSR count). The van der Waals surface area contributed by atoms with Crippen LogP contribution in [0.15, 0.2) is 29.6 Å². The lowest BCUT2D eigenvalue weighted by atomic mass is 10.1. The lowest BCUT2D eigenvalue weighted by Crippen LogP contribution is -2.34. The minimum absolute atomic E-state index is 0.0777. The fraction of sp³-hybridized carbons (Fsp3) is 0.250. The van der Waals surface area contributed by atoms with Crippen molar-refractivity contribution in [2.24, 2.45) is 0 Å². The molecule has 0 spiro atoms. The van der Waals surface area contributed by atoms with Gasteiger partial charge in [-0.2, -0.15) is 0 Å². The van der Waals surface area contributed by atoms with E-state index in [9.17, 15) is 14.4 Å². The molecule has 118 valence electrons. The van der Waals surface area contributed by atoms with E-state index in [2.05, 4.69) is 10.3 Å². The average molecular weight is 329 g/mol. The Morgan fingerprint density at radius 3 is 2.43 bits per heavy atom. The van der Waals surface area contributed by atoms with Gasteiger partial charge in [0.25, 0.3) is 11.8 Å². The van der Waals surface area contributed by atoms with Crippen LogP contribution in [0.25, 0.3) is 0 Å². The molecule has 0 aliphatic carbocycles. The number of benzene rings is 1. The molecule has 1 aliphatic heterocycles. The van der Waals surface area contributed by atoms with Crippen molar-refractivity contribution in [3.05, 3.63) is 51.5 Å². The molecule has 2 aromatic rings. The first-order valence-corrected chi connectivity index (χ1v) is 8.07. The van der Waals surface area contributed by atoms with E-state index < -0.39 is 0 Å². The Hall–Kier alpha value is -2.54. The second kappa shape index (κ2) is 6.29. The van der Waals surface area contributed by atoms with Gasteiger partial charge in [0.15, 0.2) is 0 Å². The Kier molecular flexibility index (Phi) is 4.20. The van der Waals surface area contributed by atoms with Gasteiger partial charge in [0.1, 0.15) is 0 Å². The number of amides is 3. The molecule has 3 amide bonds. The highest BCUT2D eigenvalue weighted by Gasteiger charge is 2.34. The molecule has 0 saturated carbocycles. The smallest absolute Gasteiger partial charge is 0.261 e. The fourth-order valence-electron chi connectivity index (χ4n) is 2.42. The van der Waals surface area contributed by atoms with Crippen LogP contribution in [0.3, 0.4) is 0 Å². The molecule has 0 atom stereocenters. The van der Waals surface area contributed by atoms with Crippen molar-refractivity contribution in [2.75, 3.05) is 6.54 Å². The molecule has 0 fully saturated rings. The maximum absolute atomic E-state index is 12.2. The predicted molar refractivity (Wildman–Crippen MR) is 85.1 cm³/mol. The molecule has 1 aliphatic rings. The summed E-state index contributed by atoms with van der Waals surface area (Å²) in [6.07, 6.45) is 0.0780. The maximum atomic E-state index is 12.2. The van der Waals surface area contributed by atoms with Crippen molar-refractivity contribution in [3.63, 3.8) is 0 Å². The van der Waals surface area contributed by atoms with Gasteiger partial charge in [0, 0.05) is 18.3 Å². The highest BCUT2D eigenvalue weighted by Crippen LogP contribution is 2.22. The van der Waals surface area contributed by atoms with Crippen LogP contribution in [-0.2, 0) is 11.3 Å². The molecule has 2 heterocycles. The van der Waals surface area contributed by atoms with Gasteiger partial charge in [-0.25, -0.2) is 4.98 Å². The Labute approximate surface area is 137 Å². The van der Waals surface area contributed by atoms with E-state index in [1.165, 1.54) is 11.3 Å². The summed E-state index contributed by atoms with van der Waals surface area (Å²) in [5.74, 6) is -0.894. The molecule has 0 saturated heterocycles. The lowest BCUT2D eigenvalue weighted by Gasteiger charge is -2.13. The van der Waals surface area contributed by atoms with Crippen molar-refractivity contribution in [1.29, 1.82) is 0 Å². The van der Waals surface area contributed by atoms with Gasteiger partial charge in [0.2, 0.25) is 5.91 Å². The SMILES string of the molecule is Cc1nc(CNC(=O)CCN2C(=O)c3ccccc3C2=O)cs1. The molecular formula is C16H15N3O3S. The molecule has 7 heteroatoms. The molecular weight excluding hydrogens is 314 g/mol. The molecule has 0 bridgehead atoms. The molecule has 1 N–H and O–H groups in total. The number of carbonyl (C=O) groups is 3. The molecule has 1 aromatic carbocycles. The van der Waals surface area contributed by atoms with Crippen LogP contribution in [0, 0.1) is 6.92 Å². The van der Waals surface area contributed by atoms with E-state index in [0.717, 1.165) is 15.6 Å². The van der Waals surface area contributed by atoms with Crippen LogP contribution in [0.1, 0.15) is 37.8 Å².